The Balaban J connectivity index is 1.72. The van der Waals surface area contributed by atoms with Crippen molar-refractivity contribution in [3.63, 3.8) is 0 Å². The van der Waals surface area contributed by atoms with Gasteiger partial charge in [-0.15, -0.1) is 0 Å². The number of ether oxygens (including phenoxy) is 4. The fraction of sp³-hybridized carbons (Fsp3) is 0.565. The SMILES string of the molecule is CC(=O)O[C@@H]1[C@@H](O)[C@H](O[C@H]2CCCC[C@@H]2O)O[C@H](CO)[C@H]1OC(=O)/C=C\c1ccc(O)cc1. The number of benzene rings is 1. The van der Waals surface area contributed by atoms with E-state index in [4.69, 9.17) is 18.9 Å². The Morgan fingerprint density at radius 1 is 1.09 bits per heavy atom. The number of carbonyl (C=O) groups is 2. The van der Waals surface area contributed by atoms with Gasteiger partial charge in [0, 0.05) is 13.0 Å². The van der Waals surface area contributed by atoms with Crippen LogP contribution >= 0.6 is 0 Å². The van der Waals surface area contributed by atoms with Crippen LogP contribution in [0.15, 0.2) is 30.3 Å². The van der Waals surface area contributed by atoms with Crippen molar-refractivity contribution in [1.29, 1.82) is 0 Å². The number of carbonyl (C=O) groups excluding carboxylic acids is 2. The minimum atomic E-state index is -1.52. The molecule has 0 radical (unpaired) electrons. The zero-order chi connectivity index (χ0) is 24.0. The van der Waals surface area contributed by atoms with Gasteiger partial charge in [0.1, 0.15) is 18.0 Å². The van der Waals surface area contributed by atoms with Crippen LogP contribution < -0.4 is 0 Å². The molecule has 0 spiro atoms. The van der Waals surface area contributed by atoms with Gasteiger partial charge in [-0.1, -0.05) is 25.0 Å². The minimum absolute atomic E-state index is 0.0793. The van der Waals surface area contributed by atoms with Crippen LogP contribution in [0, 0.1) is 0 Å². The molecule has 10 nitrogen and oxygen atoms in total. The van der Waals surface area contributed by atoms with E-state index in [1.807, 2.05) is 0 Å². The van der Waals surface area contributed by atoms with E-state index in [1.54, 1.807) is 12.1 Å². The molecule has 1 heterocycles. The van der Waals surface area contributed by atoms with Gasteiger partial charge >= 0.3 is 11.9 Å². The zero-order valence-electron chi connectivity index (χ0n) is 18.3. The van der Waals surface area contributed by atoms with Gasteiger partial charge in [-0.05, 0) is 36.6 Å². The molecule has 1 aromatic rings. The quantitative estimate of drug-likeness (QED) is 0.333. The Morgan fingerprint density at radius 3 is 2.42 bits per heavy atom. The summed E-state index contributed by atoms with van der Waals surface area (Å²) >= 11 is 0. The number of phenols is 1. The van der Waals surface area contributed by atoms with Gasteiger partial charge in [-0.3, -0.25) is 4.79 Å². The van der Waals surface area contributed by atoms with Crippen LogP contribution in [0.2, 0.25) is 0 Å². The second-order valence-corrected chi connectivity index (χ2v) is 8.14. The monoisotopic (exact) mass is 466 g/mol. The third-order valence-electron chi connectivity index (χ3n) is 5.63. The molecule has 1 saturated heterocycles. The Morgan fingerprint density at radius 2 is 1.79 bits per heavy atom. The maximum Gasteiger partial charge on any atom is 0.331 e. The van der Waals surface area contributed by atoms with Crippen LogP contribution in [0.25, 0.3) is 6.08 Å². The maximum absolute atomic E-state index is 12.4. The van der Waals surface area contributed by atoms with Gasteiger partial charge in [0.2, 0.25) is 0 Å². The van der Waals surface area contributed by atoms with E-state index in [1.165, 1.54) is 18.2 Å². The van der Waals surface area contributed by atoms with Crippen molar-refractivity contribution < 1.29 is 49.0 Å². The molecule has 3 rings (SSSR count). The van der Waals surface area contributed by atoms with Crippen LogP contribution in [-0.4, -0.2) is 81.9 Å². The van der Waals surface area contributed by atoms with E-state index < -0.39 is 61.5 Å². The molecule has 2 fully saturated rings. The summed E-state index contributed by atoms with van der Waals surface area (Å²) in [6, 6.07) is 6.09. The standard InChI is InChI=1S/C23H30O10/c1-13(25)30-22-20(29)23(31-17-5-3-2-4-16(17)27)32-18(12-24)21(22)33-19(28)11-8-14-6-9-15(26)10-7-14/h6-11,16-18,20-24,26-27,29H,2-5,12H2,1H3/b11-8-/t16-,17-,18+,20+,21+,22+,23+/m0/s1. The first-order valence-corrected chi connectivity index (χ1v) is 10.9. The van der Waals surface area contributed by atoms with E-state index >= 15 is 0 Å². The molecule has 1 saturated carbocycles. The van der Waals surface area contributed by atoms with Crippen LogP contribution in [0.3, 0.4) is 0 Å². The van der Waals surface area contributed by atoms with Crippen LogP contribution in [-0.2, 0) is 28.5 Å². The highest BCUT2D eigenvalue weighted by molar-refractivity contribution is 5.87. The molecule has 1 aliphatic carbocycles. The molecule has 1 aromatic carbocycles. The number of aromatic hydroxyl groups is 1. The lowest BCUT2D eigenvalue weighted by Crippen LogP contribution is -2.62. The number of aliphatic hydroxyl groups is 3. The Hall–Kier alpha value is -2.50. The van der Waals surface area contributed by atoms with E-state index in [9.17, 15) is 30.0 Å². The molecule has 0 unspecified atom stereocenters. The van der Waals surface area contributed by atoms with Crippen molar-refractivity contribution in [3.05, 3.63) is 35.9 Å². The number of phenolic OH excluding ortho intramolecular Hbond substituents is 1. The highest BCUT2D eigenvalue weighted by atomic mass is 16.7. The molecule has 0 bridgehead atoms. The summed E-state index contributed by atoms with van der Waals surface area (Å²) in [5.41, 5.74) is 0.624. The smallest absolute Gasteiger partial charge is 0.331 e. The Kier molecular flexibility index (Phi) is 8.81. The van der Waals surface area contributed by atoms with E-state index in [2.05, 4.69) is 0 Å². The highest BCUT2D eigenvalue weighted by Gasteiger charge is 2.50. The molecule has 33 heavy (non-hydrogen) atoms. The van der Waals surface area contributed by atoms with Crippen LogP contribution in [0.5, 0.6) is 5.75 Å². The molecule has 10 heteroatoms. The van der Waals surface area contributed by atoms with Crippen molar-refractivity contribution in [2.75, 3.05) is 6.61 Å². The van der Waals surface area contributed by atoms with Gasteiger partial charge in [0.05, 0.1) is 18.8 Å². The van der Waals surface area contributed by atoms with Crippen molar-refractivity contribution in [1.82, 2.24) is 0 Å². The number of hydrogen-bond acceptors (Lipinski definition) is 10. The van der Waals surface area contributed by atoms with E-state index in [-0.39, 0.29) is 5.75 Å². The van der Waals surface area contributed by atoms with Crippen LogP contribution in [0.4, 0.5) is 0 Å². The van der Waals surface area contributed by atoms with Gasteiger partial charge in [0.15, 0.2) is 18.5 Å². The second kappa shape index (κ2) is 11.6. The first-order chi connectivity index (χ1) is 15.8. The van der Waals surface area contributed by atoms with Crippen molar-refractivity contribution in [3.8, 4) is 5.75 Å². The highest BCUT2D eigenvalue weighted by Crippen LogP contribution is 2.30. The summed E-state index contributed by atoms with van der Waals surface area (Å²) in [6.45, 7) is 0.539. The molecular formula is C23H30O10. The fourth-order valence-electron chi connectivity index (χ4n) is 3.95. The topological polar surface area (TPSA) is 152 Å². The molecule has 0 amide bonds. The summed E-state index contributed by atoms with van der Waals surface area (Å²) in [5, 5.41) is 40.1. The minimum Gasteiger partial charge on any atom is -0.508 e. The number of rotatable bonds is 7. The van der Waals surface area contributed by atoms with Crippen LogP contribution in [0.1, 0.15) is 38.2 Å². The first-order valence-electron chi connectivity index (χ1n) is 10.9. The van der Waals surface area contributed by atoms with Crippen molar-refractivity contribution in [2.45, 2.75) is 75.5 Å². The summed E-state index contributed by atoms with van der Waals surface area (Å²) in [4.78, 5) is 24.1. The zero-order valence-corrected chi connectivity index (χ0v) is 18.3. The predicted octanol–water partition coefficient (Wildman–Crippen LogP) is 0.647. The fourth-order valence-corrected chi connectivity index (χ4v) is 3.95. The van der Waals surface area contributed by atoms with Crippen molar-refractivity contribution >= 4 is 18.0 Å². The maximum atomic E-state index is 12.4. The van der Waals surface area contributed by atoms with E-state index in [0.717, 1.165) is 25.8 Å². The largest absolute Gasteiger partial charge is 0.508 e. The first kappa shape index (κ1) is 25.1. The van der Waals surface area contributed by atoms with Gasteiger partial charge in [0.25, 0.3) is 0 Å². The van der Waals surface area contributed by atoms with E-state index in [0.29, 0.717) is 18.4 Å². The van der Waals surface area contributed by atoms with Gasteiger partial charge in [-0.2, -0.15) is 0 Å². The number of esters is 2. The molecule has 1 aliphatic heterocycles. The van der Waals surface area contributed by atoms with Gasteiger partial charge in [-0.25, -0.2) is 4.79 Å². The summed E-state index contributed by atoms with van der Waals surface area (Å²) < 4.78 is 22.0. The summed E-state index contributed by atoms with van der Waals surface area (Å²) in [6.07, 6.45) is -2.54. The Labute approximate surface area is 191 Å². The summed E-state index contributed by atoms with van der Waals surface area (Å²) in [5.74, 6) is -1.47. The number of hydrogen-bond donors (Lipinski definition) is 4. The lowest BCUT2D eigenvalue weighted by molar-refractivity contribution is -0.321. The average molecular weight is 466 g/mol. The molecular weight excluding hydrogens is 436 g/mol. The number of aliphatic hydroxyl groups excluding tert-OH is 3. The molecule has 0 aromatic heterocycles. The van der Waals surface area contributed by atoms with Gasteiger partial charge < -0.3 is 39.4 Å². The summed E-state index contributed by atoms with van der Waals surface area (Å²) in [7, 11) is 0. The molecule has 182 valence electrons. The molecule has 7 atom stereocenters. The molecule has 4 N–H and O–H groups in total. The third-order valence-corrected chi connectivity index (χ3v) is 5.63. The lowest BCUT2D eigenvalue weighted by atomic mass is 9.94. The predicted molar refractivity (Wildman–Crippen MR) is 114 cm³/mol. The normalized spacial score (nSPS) is 32.4. The molecule has 2 aliphatic rings. The van der Waals surface area contributed by atoms with Crippen molar-refractivity contribution in [2.24, 2.45) is 0 Å². The Bertz CT molecular complexity index is 823. The third kappa shape index (κ3) is 6.75. The average Bonchev–Trinajstić information content (AvgIpc) is 2.78. The second-order valence-electron chi connectivity index (χ2n) is 8.14. The lowest BCUT2D eigenvalue weighted by Gasteiger charge is -2.44.